The molecule has 24 heavy (non-hydrogen) atoms. The van der Waals surface area contributed by atoms with Crippen LogP contribution in [0.5, 0.6) is 0 Å². The summed E-state index contributed by atoms with van der Waals surface area (Å²) in [7, 11) is 0. The molecule has 0 radical (unpaired) electrons. The summed E-state index contributed by atoms with van der Waals surface area (Å²) in [5, 5.41) is 11.0. The van der Waals surface area contributed by atoms with Gasteiger partial charge in [0.2, 0.25) is 0 Å². The van der Waals surface area contributed by atoms with Gasteiger partial charge in [0.05, 0.1) is 30.4 Å². The van der Waals surface area contributed by atoms with E-state index >= 15 is 0 Å². The van der Waals surface area contributed by atoms with Crippen LogP contribution in [0.25, 0.3) is 11.3 Å². The summed E-state index contributed by atoms with van der Waals surface area (Å²) in [4.78, 5) is 8.72. The number of pyridine rings is 1. The lowest BCUT2D eigenvalue weighted by molar-refractivity contribution is 0.0711. The second-order valence-corrected chi connectivity index (χ2v) is 6.64. The lowest BCUT2D eigenvalue weighted by Crippen LogP contribution is -2.29. The highest BCUT2D eigenvalue weighted by atomic mass is 16.3. The van der Waals surface area contributed by atoms with Crippen LogP contribution in [-0.4, -0.2) is 19.6 Å². The van der Waals surface area contributed by atoms with Crippen LogP contribution in [0.4, 0.5) is 5.82 Å². The predicted molar refractivity (Wildman–Crippen MR) is 91.2 cm³/mol. The molecule has 3 aromatic rings. The van der Waals surface area contributed by atoms with Gasteiger partial charge in [0.1, 0.15) is 5.82 Å². The average molecular weight is 318 g/mol. The second-order valence-electron chi connectivity index (χ2n) is 6.64. The van der Waals surface area contributed by atoms with E-state index in [1.807, 2.05) is 18.6 Å². The number of aliphatic hydroxyl groups excluding tert-OH is 1. The number of anilines is 1. The summed E-state index contributed by atoms with van der Waals surface area (Å²) in [6.07, 6.45) is 4.95. The normalized spacial score (nSPS) is 24.3. The zero-order valence-electron chi connectivity index (χ0n) is 13.1. The van der Waals surface area contributed by atoms with Crippen molar-refractivity contribution in [2.24, 2.45) is 5.92 Å². The summed E-state index contributed by atoms with van der Waals surface area (Å²) >= 11 is 0. The van der Waals surface area contributed by atoms with E-state index in [9.17, 15) is 5.11 Å². The third-order valence-electron chi connectivity index (χ3n) is 5.40. The molecule has 0 saturated carbocycles. The lowest BCUT2D eigenvalue weighted by Gasteiger charge is -2.34. The van der Waals surface area contributed by atoms with Gasteiger partial charge in [-0.1, -0.05) is 30.3 Å². The zero-order chi connectivity index (χ0) is 16.3. The first-order chi connectivity index (χ1) is 11.7. The fraction of sp³-hybridized carbons (Fsp3) is 0.263. The molecule has 1 unspecified atom stereocenters. The number of hydrogen-bond acceptors (Lipinski definition) is 4. The van der Waals surface area contributed by atoms with E-state index in [1.54, 1.807) is 6.07 Å². The zero-order valence-corrected chi connectivity index (χ0v) is 13.1. The number of aromatic nitrogens is 3. The van der Waals surface area contributed by atoms with E-state index in [4.69, 9.17) is 5.73 Å². The van der Waals surface area contributed by atoms with E-state index in [0.717, 1.165) is 29.8 Å². The van der Waals surface area contributed by atoms with Crippen molar-refractivity contribution < 1.29 is 5.11 Å². The maximum absolute atomic E-state index is 11.0. The maximum Gasteiger partial charge on any atom is 0.123 e. The standard InChI is InChI=1S/C19H18N4O/c20-17-8-6-13-15(22-17)7-5-14(19(13)24)18-12-4-2-1-3-11(12)16-9-21-10-23(16)18/h1-4,6,8-10,14,18-19,24H,5,7H2,(H2,20,22)/t14-,18?,19+/m0/s1. The molecular weight excluding hydrogens is 300 g/mol. The van der Waals surface area contributed by atoms with E-state index < -0.39 is 6.10 Å². The smallest absolute Gasteiger partial charge is 0.123 e. The SMILES string of the molecule is Nc1ccc2c(n1)CC[C@@H](C1c3ccccc3-c3cncn31)[C@@H]2O. The number of imidazole rings is 1. The molecule has 1 aromatic carbocycles. The fourth-order valence-corrected chi connectivity index (χ4v) is 4.33. The molecule has 0 fully saturated rings. The van der Waals surface area contributed by atoms with Gasteiger partial charge in [-0.05, 0) is 24.5 Å². The van der Waals surface area contributed by atoms with Gasteiger partial charge < -0.3 is 15.4 Å². The number of nitrogens with zero attached hydrogens (tertiary/aromatic N) is 3. The summed E-state index contributed by atoms with van der Waals surface area (Å²) < 4.78 is 2.20. The molecule has 0 saturated heterocycles. The molecule has 1 aliphatic carbocycles. The van der Waals surface area contributed by atoms with Gasteiger partial charge >= 0.3 is 0 Å². The van der Waals surface area contributed by atoms with Crippen molar-refractivity contribution >= 4 is 5.82 Å². The molecule has 5 rings (SSSR count). The van der Waals surface area contributed by atoms with Crippen LogP contribution >= 0.6 is 0 Å². The topological polar surface area (TPSA) is 77.0 Å². The molecule has 0 spiro atoms. The largest absolute Gasteiger partial charge is 0.388 e. The van der Waals surface area contributed by atoms with E-state index in [0.29, 0.717) is 5.82 Å². The average Bonchev–Trinajstić information content (AvgIpc) is 3.16. The molecule has 5 heteroatoms. The van der Waals surface area contributed by atoms with Crippen molar-refractivity contribution in [3.63, 3.8) is 0 Å². The van der Waals surface area contributed by atoms with Crippen molar-refractivity contribution in [1.29, 1.82) is 0 Å². The Morgan fingerprint density at radius 3 is 2.92 bits per heavy atom. The van der Waals surface area contributed by atoms with Crippen LogP contribution in [0.3, 0.4) is 0 Å². The minimum atomic E-state index is -0.548. The van der Waals surface area contributed by atoms with Gasteiger partial charge in [-0.3, -0.25) is 0 Å². The number of aryl methyl sites for hydroxylation is 1. The molecule has 2 aromatic heterocycles. The van der Waals surface area contributed by atoms with Crippen LogP contribution in [0.2, 0.25) is 0 Å². The molecular formula is C19H18N4O. The van der Waals surface area contributed by atoms with Crippen LogP contribution in [0.15, 0.2) is 48.9 Å². The first-order valence-corrected chi connectivity index (χ1v) is 8.28. The van der Waals surface area contributed by atoms with Crippen molar-refractivity contribution in [2.75, 3.05) is 5.73 Å². The van der Waals surface area contributed by atoms with Crippen LogP contribution < -0.4 is 5.73 Å². The molecule has 3 atom stereocenters. The van der Waals surface area contributed by atoms with Gasteiger partial charge in [-0.25, -0.2) is 9.97 Å². The highest BCUT2D eigenvalue weighted by Gasteiger charge is 2.40. The Bertz CT molecular complexity index is 933. The Balaban J connectivity index is 1.62. The highest BCUT2D eigenvalue weighted by molar-refractivity contribution is 5.69. The Kier molecular flexibility index (Phi) is 2.82. The van der Waals surface area contributed by atoms with Crippen molar-refractivity contribution in [3.8, 4) is 11.3 Å². The molecule has 3 N–H and O–H groups in total. The minimum absolute atomic E-state index is 0.0968. The minimum Gasteiger partial charge on any atom is -0.388 e. The molecule has 5 nitrogen and oxygen atoms in total. The summed E-state index contributed by atoms with van der Waals surface area (Å²) in [6, 6.07) is 12.2. The number of nitrogen functional groups attached to an aromatic ring is 1. The lowest BCUT2D eigenvalue weighted by atomic mass is 9.77. The first kappa shape index (κ1) is 13.7. The molecule has 0 bridgehead atoms. The van der Waals surface area contributed by atoms with Gasteiger partial charge in [0.15, 0.2) is 0 Å². The monoisotopic (exact) mass is 318 g/mol. The molecule has 0 amide bonds. The number of benzene rings is 1. The molecule has 120 valence electrons. The maximum atomic E-state index is 11.0. The number of aliphatic hydroxyl groups is 1. The van der Waals surface area contributed by atoms with Gasteiger partial charge in [-0.2, -0.15) is 0 Å². The number of fused-ring (bicyclic) bond motifs is 4. The van der Waals surface area contributed by atoms with E-state index in [-0.39, 0.29) is 12.0 Å². The van der Waals surface area contributed by atoms with Gasteiger partial charge in [-0.15, -0.1) is 0 Å². The Hall–Kier alpha value is -2.66. The van der Waals surface area contributed by atoms with E-state index in [2.05, 4.69) is 38.8 Å². The first-order valence-electron chi connectivity index (χ1n) is 8.28. The molecule has 2 aliphatic rings. The quantitative estimate of drug-likeness (QED) is 0.723. The summed E-state index contributed by atoms with van der Waals surface area (Å²) in [5.74, 6) is 0.613. The van der Waals surface area contributed by atoms with E-state index in [1.165, 1.54) is 11.1 Å². The third kappa shape index (κ3) is 1.79. The third-order valence-corrected chi connectivity index (χ3v) is 5.40. The predicted octanol–water partition coefficient (Wildman–Crippen LogP) is 2.73. The summed E-state index contributed by atoms with van der Waals surface area (Å²) in [6.45, 7) is 0. The molecule has 3 heterocycles. The fourth-order valence-electron chi connectivity index (χ4n) is 4.33. The van der Waals surface area contributed by atoms with Crippen molar-refractivity contribution in [2.45, 2.75) is 25.0 Å². The Morgan fingerprint density at radius 2 is 2.00 bits per heavy atom. The molecule has 1 aliphatic heterocycles. The van der Waals surface area contributed by atoms with Gasteiger partial charge in [0.25, 0.3) is 0 Å². The Morgan fingerprint density at radius 1 is 1.12 bits per heavy atom. The number of hydrogen-bond donors (Lipinski definition) is 2. The number of nitrogens with two attached hydrogens (primary N) is 1. The van der Waals surface area contributed by atoms with Crippen LogP contribution in [-0.2, 0) is 6.42 Å². The van der Waals surface area contributed by atoms with Crippen molar-refractivity contribution in [1.82, 2.24) is 14.5 Å². The van der Waals surface area contributed by atoms with Crippen LogP contribution in [0, 0.1) is 5.92 Å². The van der Waals surface area contributed by atoms with Crippen LogP contribution in [0.1, 0.15) is 35.4 Å². The Labute approximate surface area is 139 Å². The highest BCUT2D eigenvalue weighted by Crippen LogP contribution is 2.49. The second kappa shape index (κ2) is 4.92. The van der Waals surface area contributed by atoms with Gasteiger partial charge in [0, 0.05) is 22.7 Å². The summed E-state index contributed by atoms with van der Waals surface area (Å²) in [5.41, 5.74) is 11.2. The number of rotatable bonds is 1. The van der Waals surface area contributed by atoms with Crippen molar-refractivity contribution in [3.05, 3.63) is 65.7 Å².